The van der Waals surface area contributed by atoms with E-state index in [9.17, 15) is 13.6 Å². The maximum Gasteiger partial charge on any atom is 0.295 e. The van der Waals surface area contributed by atoms with E-state index in [1.165, 1.54) is 11.8 Å². The summed E-state index contributed by atoms with van der Waals surface area (Å²) in [5, 5.41) is 5.67. The van der Waals surface area contributed by atoms with Crippen LogP contribution < -0.4 is 10.6 Å². The summed E-state index contributed by atoms with van der Waals surface area (Å²) in [6, 6.07) is 11.1. The summed E-state index contributed by atoms with van der Waals surface area (Å²) in [5.41, 5.74) is 2.53. The number of rotatable bonds is 7. The first kappa shape index (κ1) is 19.9. The number of anilines is 3. The van der Waals surface area contributed by atoms with Gasteiger partial charge in [-0.15, -0.1) is 11.8 Å². The maximum atomic E-state index is 13.1. The molecule has 0 radical (unpaired) electrons. The van der Waals surface area contributed by atoms with Gasteiger partial charge in [0.1, 0.15) is 22.9 Å². The van der Waals surface area contributed by atoms with Crippen LogP contribution in [-0.2, 0) is 4.79 Å². The molecule has 1 aromatic carbocycles. The molecule has 0 aliphatic rings. The minimum absolute atomic E-state index is 0.0769. The van der Waals surface area contributed by atoms with Crippen LogP contribution in [-0.4, -0.2) is 27.6 Å². The number of fused-ring (bicyclic) bond motifs is 1. The van der Waals surface area contributed by atoms with Crippen LogP contribution in [0.1, 0.15) is 18.0 Å². The number of nitrogens with zero attached hydrogens (tertiary/aromatic N) is 2. The molecule has 30 heavy (non-hydrogen) atoms. The molecule has 0 aliphatic heterocycles. The highest BCUT2D eigenvalue weighted by Crippen LogP contribution is 2.35. The lowest BCUT2D eigenvalue weighted by atomic mass is 10.1. The Morgan fingerprint density at radius 2 is 2.00 bits per heavy atom. The average molecular weight is 429 g/mol. The van der Waals surface area contributed by atoms with Crippen molar-refractivity contribution in [1.82, 2.24) is 15.0 Å². The smallest absolute Gasteiger partial charge is 0.295 e. The van der Waals surface area contributed by atoms with Gasteiger partial charge in [-0.25, -0.2) is 18.7 Å². The van der Waals surface area contributed by atoms with E-state index in [1.807, 2.05) is 43.5 Å². The molecule has 10 heteroatoms. The molecule has 3 N–H and O–H groups in total. The lowest BCUT2D eigenvalue weighted by Gasteiger charge is -2.13. The van der Waals surface area contributed by atoms with E-state index >= 15 is 0 Å². The molecular weight excluding hydrogens is 412 g/mol. The second-order valence-electron chi connectivity index (χ2n) is 6.39. The number of aryl methyl sites for hydroxylation is 1. The van der Waals surface area contributed by atoms with E-state index in [2.05, 4.69) is 25.6 Å². The van der Waals surface area contributed by atoms with Crippen LogP contribution in [0, 0.1) is 6.92 Å². The molecule has 154 valence electrons. The number of imidazole rings is 1. The van der Waals surface area contributed by atoms with Crippen LogP contribution in [0.3, 0.4) is 0 Å². The van der Waals surface area contributed by atoms with Gasteiger partial charge in [-0.1, -0.05) is 0 Å². The zero-order valence-electron chi connectivity index (χ0n) is 16.0. The lowest BCUT2D eigenvalue weighted by Crippen LogP contribution is -2.00. The van der Waals surface area contributed by atoms with Crippen LogP contribution in [0.25, 0.3) is 22.5 Å². The van der Waals surface area contributed by atoms with E-state index in [4.69, 9.17) is 4.42 Å². The zero-order chi connectivity index (χ0) is 21.3. The number of benzene rings is 1. The van der Waals surface area contributed by atoms with Crippen LogP contribution in [0.15, 0.2) is 45.7 Å². The third-order valence-electron chi connectivity index (χ3n) is 4.39. The summed E-state index contributed by atoms with van der Waals surface area (Å²) in [6.07, 6.45) is -0.372. The number of H-pyrrole nitrogens is 1. The van der Waals surface area contributed by atoms with Gasteiger partial charge in [0.15, 0.2) is 11.5 Å². The van der Waals surface area contributed by atoms with Crippen molar-refractivity contribution in [2.45, 2.75) is 18.2 Å². The summed E-state index contributed by atoms with van der Waals surface area (Å²) in [7, 11) is 0. The summed E-state index contributed by atoms with van der Waals surface area (Å²) in [6.45, 7) is 1.88. The van der Waals surface area contributed by atoms with Gasteiger partial charge in [0.05, 0.1) is 11.4 Å². The molecule has 0 unspecified atom stereocenters. The van der Waals surface area contributed by atoms with Crippen LogP contribution >= 0.6 is 11.8 Å². The first-order chi connectivity index (χ1) is 14.5. The van der Waals surface area contributed by atoms with Crippen molar-refractivity contribution in [3.05, 3.63) is 48.0 Å². The molecule has 3 aromatic heterocycles. The highest BCUT2D eigenvalue weighted by molar-refractivity contribution is 7.98. The molecular formula is C20H17F2N5O2S. The average Bonchev–Trinajstić information content (AvgIpc) is 3.35. The molecule has 0 fully saturated rings. The van der Waals surface area contributed by atoms with E-state index in [0.29, 0.717) is 17.6 Å². The number of halogens is 2. The van der Waals surface area contributed by atoms with Gasteiger partial charge in [-0.3, -0.25) is 4.79 Å². The molecule has 4 aromatic rings. The van der Waals surface area contributed by atoms with E-state index in [-0.39, 0.29) is 11.5 Å². The minimum atomic E-state index is -2.77. The number of carbonyl (C=O) groups is 1. The monoisotopic (exact) mass is 429 g/mol. The van der Waals surface area contributed by atoms with Gasteiger partial charge in [0, 0.05) is 16.5 Å². The lowest BCUT2D eigenvalue weighted by molar-refractivity contribution is -0.105. The van der Waals surface area contributed by atoms with Gasteiger partial charge in [0.25, 0.3) is 6.43 Å². The molecule has 0 atom stereocenters. The van der Waals surface area contributed by atoms with Crippen LogP contribution in [0.5, 0.6) is 0 Å². The molecule has 4 rings (SSSR count). The predicted octanol–water partition coefficient (Wildman–Crippen LogP) is 5.50. The molecule has 0 bridgehead atoms. The molecule has 3 heterocycles. The number of pyridine rings is 1. The number of alkyl halides is 2. The van der Waals surface area contributed by atoms with Crippen molar-refractivity contribution < 1.29 is 18.0 Å². The topological polar surface area (TPSA) is 95.8 Å². The molecule has 0 spiro atoms. The number of carbonyl (C=O) groups excluding carboxylic acids is 1. The molecule has 0 aliphatic carbocycles. The van der Waals surface area contributed by atoms with Gasteiger partial charge in [-0.05, 0) is 43.5 Å². The van der Waals surface area contributed by atoms with E-state index < -0.39 is 12.2 Å². The first-order valence-electron chi connectivity index (χ1n) is 8.89. The van der Waals surface area contributed by atoms with Gasteiger partial charge < -0.3 is 20.0 Å². The Morgan fingerprint density at radius 1 is 1.17 bits per heavy atom. The standard InChI is InChI=1S/C20H17F2N5O2S/c1-10-3-6-14(29-10)11-4-5-12(15(7-11)30-2)24-13-8-16(23-9-28)25-19-17(13)26-20(27-19)18(21)22/h3-9,18H,1-2H3,(H3,23,24,25,26,27,28). The summed E-state index contributed by atoms with van der Waals surface area (Å²) in [5.74, 6) is 1.28. The second kappa shape index (κ2) is 8.15. The number of amides is 1. The summed E-state index contributed by atoms with van der Waals surface area (Å²) >= 11 is 1.52. The largest absolute Gasteiger partial charge is 0.461 e. The second-order valence-corrected chi connectivity index (χ2v) is 7.24. The van der Waals surface area contributed by atoms with Crippen LogP contribution in [0.4, 0.5) is 26.0 Å². The fraction of sp³-hybridized carbons (Fsp3) is 0.150. The number of furan rings is 1. The summed E-state index contributed by atoms with van der Waals surface area (Å²) in [4.78, 5) is 22.3. The van der Waals surface area contributed by atoms with Crippen molar-refractivity contribution in [3.63, 3.8) is 0 Å². The highest BCUT2D eigenvalue weighted by atomic mass is 32.2. The van der Waals surface area contributed by atoms with Gasteiger partial charge in [-0.2, -0.15) is 0 Å². The van der Waals surface area contributed by atoms with Crippen molar-refractivity contribution in [3.8, 4) is 11.3 Å². The molecule has 0 saturated heterocycles. The van der Waals surface area contributed by atoms with Crippen molar-refractivity contribution >= 4 is 46.5 Å². The molecule has 1 amide bonds. The highest BCUT2D eigenvalue weighted by Gasteiger charge is 2.18. The molecule has 0 saturated carbocycles. The van der Waals surface area contributed by atoms with Crippen LogP contribution in [0.2, 0.25) is 0 Å². The maximum absolute atomic E-state index is 13.1. The number of hydrogen-bond donors (Lipinski definition) is 3. The number of hydrogen-bond acceptors (Lipinski definition) is 6. The Kier molecular flexibility index (Phi) is 5.40. The van der Waals surface area contributed by atoms with Crippen molar-refractivity contribution in [2.75, 3.05) is 16.9 Å². The Labute approximate surface area is 174 Å². The normalized spacial score (nSPS) is 11.2. The van der Waals surface area contributed by atoms with Crippen molar-refractivity contribution in [1.29, 1.82) is 0 Å². The van der Waals surface area contributed by atoms with Crippen molar-refractivity contribution in [2.24, 2.45) is 0 Å². The number of aromatic nitrogens is 3. The Morgan fingerprint density at radius 3 is 2.67 bits per heavy atom. The minimum Gasteiger partial charge on any atom is -0.461 e. The Balaban J connectivity index is 1.76. The summed E-state index contributed by atoms with van der Waals surface area (Å²) < 4.78 is 31.9. The number of thioether (sulfide) groups is 1. The Hall–Kier alpha value is -3.40. The van der Waals surface area contributed by atoms with E-state index in [1.54, 1.807) is 6.07 Å². The number of aromatic amines is 1. The Bertz CT molecular complexity index is 1220. The quantitative estimate of drug-likeness (QED) is 0.265. The van der Waals surface area contributed by atoms with Gasteiger partial charge in [0.2, 0.25) is 6.41 Å². The third kappa shape index (κ3) is 3.86. The fourth-order valence-corrected chi connectivity index (χ4v) is 3.61. The first-order valence-corrected chi connectivity index (χ1v) is 10.1. The molecule has 7 nitrogen and oxygen atoms in total. The zero-order valence-corrected chi connectivity index (χ0v) is 16.8. The predicted molar refractivity (Wildman–Crippen MR) is 112 cm³/mol. The SMILES string of the molecule is CSc1cc(-c2ccc(C)o2)ccc1Nc1cc(NC=O)nc2nc(C(F)F)[nH]c12. The van der Waals surface area contributed by atoms with E-state index in [0.717, 1.165) is 27.7 Å². The van der Waals surface area contributed by atoms with Gasteiger partial charge >= 0.3 is 0 Å². The fourth-order valence-electron chi connectivity index (χ4n) is 3.02. The third-order valence-corrected chi connectivity index (χ3v) is 5.17. The number of nitrogens with one attached hydrogen (secondary N) is 3.